The summed E-state index contributed by atoms with van der Waals surface area (Å²) >= 11 is 0. The zero-order valence-corrected chi connectivity index (χ0v) is 25.8. The van der Waals surface area contributed by atoms with Crippen LogP contribution in [-0.2, 0) is 11.3 Å². The van der Waals surface area contributed by atoms with Crippen LogP contribution in [0, 0.1) is 6.92 Å². The van der Waals surface area contributed by atoms with Gasteiger partial charge in [0.05, 0.1) is 5.69 Å². The molecule has 5 rings (SSSR count). The molecule has 2 aliphatic rings. The molecule has 0 radical (unpaired) electrons. The third kappa shape index (κ3) is 8.32. The van der Waals surface area contributed by atoms with Gasteiger partial charge in [0, 0.05) is 68.3 Å². The molecule has 43 heavy (non-hydrogen) atoms. The molecular weight excluding hydrogens is 540 g/mol. The van der Waals surface area contributed by atoms with E-state index < -0.39 is 5.60 Å². The summed E-state index contributed by atoms with van der Waals surface area (Å²) in [5, 5.41) is 6.27. The van der Waals surface area contributed by atoms with Crippen LogP contribution in [-0.4, -0.2) is 70.7 Å². The van der Waals surface area contributed by atoms with Crippen molar-refractivity contribution in [1.29, 1.82) is 0 Å². The van der Waals surface area contributed by atoms with Crippen molar-refractivity contribution in [2.24, 2.45) is 0 Å². The quantitative estimate of drug-likeness (QED) is 0.387. The molecule has 2 saturated heterocycles. The standard InChI is InChI=1S/C34H44N6O3/c1-24-28(30-10-5-6-17-35-30)8-7-9-29(24)32(41)37-26-13-18-39(19-14-26)23-25-11-12-31(36-22-25)40-20-15-27(16-21-40)38-33(42)43-34(2,3)4/h5-12,17,22,26-27H,13-16,18-21,23H2,1-4H3,(H,37,41)(H,38,42). The third-order valence-corrected chi connectivity index (χ3v) is 8.20. The fourth-order valence-electron chi connectivity index (χ4n) is 5.86. The molecule has 228 valence electrons. The van der Waals surface area contributed by atoms with E-state index in [1.807, 2.05) is 70.3 Å². The highest BCUT2D eigenvalue weighted by Crippen LogP contribution is 2.25. The number of amides is 2. The molecule has 9 nitrogen and oxygen atoms in total. The second-order valence-electron chi connectivity index (χ2n) is 12.6. The molecule has 9 heteroatoms. The molecular formula is C34H44N6O3. The molecule has 1 aromatic carbocycles. The number of nitrogens with one attached hydrogen (secondary N) is 2. The maximum atomic E-state index is 13.2. The summed E-state index contributed by atoms with van der Waals surface area (Å²) in [6, 6.07) is 16.2. The summed E-state index contributed by atoms with van der Waals surface area (Å²) < 4.78 is 5.39. The average Bonchev–Trinajstić information content (AvgIpc) is 2.98. The topological polar surface area (TPSA) is 99.7 Å². The Morgan fingerprint density at radius 1 is 0.884 bits per heavy atom. The van der Waals surface area contributed by atoms with E-state index in [1.165, 1.54) is 5.56 Å². The van der Waals surface area contributed by atoms with E-state index in [0.29, 0.717) is 5.56 Å². The number of alkyl carbamates (subject to hydrolysis) is 1. The maximum Gasteiger partial charge on any atom is 0.407 e. The lowest BCUT2D eigenvalue weighted by Crippen LogP contribution is -2.46. The van der Waals surface area contributed by atoms with E-state index in [9.17, 15) is 9.59 Å². The van der Waals surface area contributed by atoms with Crippen LogP contribution >= 0.6 is 0 Å². The van der Waals surface area contributed by atoms with Crippen LogP contribution in [0.15, 0.2) is 60.9 Å². The Morgan fingerprint density at radius 3 is 2.26 bits per heavy atom. The van der Waals surface area contributed by atoms with E-state index >= 15 is 0 Å². The van der Waals surface area contributed by atoms with Crippen molar-refractivity contribution in [1.82, 2.24) is 25.5 Å². The highest BCUT2D eigenvalue weighted by Gasteiger charge is 2.25. The first kappa shape index (κ1) is 30.5. The smallest absolute Gasteiger partial charge is 0.407 e. The SMILES string of the molecule is Cc1c(C(=O)NC2CCN(Cc3ccc(N4CCC(NC(=O)OC(C)(C)C)CC4)nc3)CC2)cccc1-c1ccccn1. The summed E-state index contributed by atoms with van der Waals surface area (Å²) in [4.78, 5) is 39.2. The fraction of sp³-hybridized carbons (Fsp3) is 0.471. The Kier molecular flexibility index (Phi) is 9.60. The van der Waals surface area contributed by atoms with Crippen LogP contribution in [0.3, 0.4) is 0 Å². The normalized spacial score (nSPS) is 17.0. The number of benzene rings is 1. The van der Waals surface area contributed by atoms with Gasteiger partial charge >= 0.3 is 6.09 Å². The summed E-state index contributed by atoms with van der Waals surface area (Å²) in [7, 11) is 0. The van der Waals surface area contributed by atoms with Crippen molar-refractivity contribution >= 4 is 17.8 Å². The second-order valence-corrected chi connectivity index (χ2v) is 12.6. The molecule has 0 bridgehead atoms. The van der Waals surface area contributed by atoms with Crippen LogP contribution in [0.5, 0.6) is 0 Å². The van der Waals surface area contributed by atoms with Crippen LogP contribution in [0.1, 0.15) is 67.9 Å². The maximum absolute atomic E-state index is 13.2. The van der Waals surface area contributed by atoms with E-state index in [4.69, 9.17) is 9.72 Å². The lowest BCUT2D eigenvalue weighted by atomic mass is 9.98. The monoisotopic (exact) mass is 584 g/mol. The largest absolute Gasteiger partial charge is 0.444 e. The van der Waals surface area contributed by atoms with Gasteiger partial charge in [0.1, 0.15) is 11.4 Å². The molecule has 2 N–H and O–H groups in total. The number of likely N-dealkylation sites (tertiary alicyclic amines) is 1. The van der Waals surface area contributed by atoms with Gasteiger partial charge in [0.25, 0.3) is 5.91 Å². The Morgan fingerprint density at radius 2 is 1.60 bits per heavy atom. The number of carbonyl (C=O) groups excluding carboxylic acids is 2. The van der Waals surface area contributed by atoms with Crippen molar-refractivity contribution in [3.05, 3.63) is 77.6 Å². The first-order chi connectivity index (χ1) is 20.6. The molecule has 0 aliphatic carbocycles. The number of aromatic nitrogens is 2. The highest BCUT2D eigenvalue weighted by molar-refractivity contribution is 5.97. The number of hydrogen-bond donors (Lipinski definition) is 2. The Bertz CT molecular complexity index is 1370. The predicted octanol–water partition coefficient (Wildman–Crippen LogP) is 5.34. The number of piperidine rings is 2. The summed E-state index contributed by atoms with van der Waals surface area (Å²) in [5.41, 5.74) is 4.23. The van der Waals surface area contributed by atoms with E-state index in [1.54, 1.807) is 6.20 Å². The number of rotatable bonds is 7. The van der Waals surface area contributed by atoms with Gasteiger partial charge in [-0.05, 0) is 88.8 Å². The van der Waals surface area contributed by atoms with Crippen molar-refractivity contribution in [3.8, 4) is 11.3 Å². The zero-order chi connectivity index (χ0) is 30.4. The van der Waals surface area contributed by atoms with Crippen LogP contribution in [0.4, 0.5) is 10.6 Å². The summed E-state index contributed by atoms with van der Waals surface area (Å²) in [6.07, 6.45) is 6.98. The summed E-state index contributed by atoms with van der Waals surface area (Å²) in [5.74, 6) is 0.960. The zero-order valence-electron chi connectivity index (χ0n) is 25.8. The molecule has 2 aliphatic heterocycles. The molecule has 3 aromatic rings. The second kappa shape index (κ2) is 13.5. The Balaban J connectivity index is 1.06. The number of anilines is 1. The number of carbonyl (C=O) groups is 2. The molecule has 2 aromatic heterocycles. The van der Waals surface area contributed by atoms with Crippen LogP contribution in [0.2, 0.25) is 0 Å². The number of hydrogen-bond acceptors (Lipinski definition) is 7. The number of nitrogens with zero attached hydrogens (tertiary/aromatic N) is 4. The lowest BCUT2D eigenvalue weighted by Gasteiger charge is -2.34. The van der Waals surface area contributed by atoms with Gasteiger partial charge in [-0.3, -0.25) is 14.7 Å². The minimum absolute atomic E-state index is 0.0156. The van der Waals surface area contributed by atoms with Gasteiger partial charge in [0.2, 0.25) is 0 Å². The molecule has 0 unspecified atom stereocenters. The molecule has 0 atom stereocenters. The van der Waals surface area contributed by atoms with Crippen molar-refractivity contribution in [3.63, 3.8) is 0 Å². The van der Waals surface area contributed by atoms with Gasteiger partial charge < -0.3 is 20.3 Å². The number of ether oxygens (including phenoxy) is 1. The highest BCUT2D eigenvalue weighted by atomic mass is 16.6. The molecule has 0 saturated carbocycles. The Hall–Kier alpha value is -3.98. The molecule has 0 spiro atoms. The summed E-state index contributed by atoms with van der Waals surface area (Å²) in [6.45, 7) is 12.0. The molecule has 2 fully saturated rings. The van der Waals surface area contributed by atoms with Gasteiger partial charge in [-0.25, -0.2) is 9.78 Å². The first-order valence-corrected chi connectivity index (χ1v) is 15.4. The molecule has 4 heterocycles. The number of pyridine rings is 2. The van der Waals surface area contributed by atoms with Gasteiger partial charge in [-0.15, -0.1) is 0 Å². The van der Waals surface area contributed by atoms with Gasteiger partial charge in [-0.1, -0.05) is 24.3 Å². The predicted molar refractivity (Wildman–Crippen MR) is 169 cm³/mol. The van der Waals surface area contributed by atoms with E-state index in [2.05, 4.69) is 37.6 Å². The van der Waals surface area contributed by atoms with Crippen molar-refractivity contribution < 1.29 is 14.3 Å². The van der Waals surface area contributed by atoms with Crippen LogP contribution < -0.4 is 15.5 Å². The lowest BCUT2D eigenvalue weighted by molar-refractivity contribution is 0.0497. The van der Waals surface area contributed by atoms with Gasteiger partial charge in [-0.2, -0.15) is 0 Å². The van der Waals surface area contributed by atoms with Crippen molar-refractivity contribution in [2.45, 2.75) is 77.6 Å². The fourth-order valence-corrected chi connectivity index (χ4v) is 5.86. The minimum atomic E-state index is -0.490. The van der Waals surface area contributed by atoms with Gasteiger partial charge in [0.15, 0.2) is 0 Å². The van der Waals surface area contributed by atoms with Crippen LogP contribution in [0.25, 0.3) is 11.3 Å². The van der Waals surface area contributed by atoms with E-state index in [-0.39, 0.29) is 24.1 Å². The first-order valence-electron chi connectivity index (χ1n) is 15.4. The molecule has 2 amide bonds. The minimum Gasteiger partial charge on any atom is -0.444 e. The van der Waals surface area contributed by atoms with Crippen molar-refractivity contribution in [2.75, 3.05) is 31.1 Å². The Labute approximate surface area is 255 Å². The third-order valence-electron chi connectivity index (χ3n) is 8.20. The van der Waals surface area contributed by atoms with E-state index in [0.717, 1.165) is 81.0 Å². The average molecular weight is 585 g/mol.